The number of hydrogen-bond donors (Lipinski definition) is 1. The molecule has 0 aliphatic heterocycles. The molecule has 0 aliphatic carbocycles. The minimum atomic E-state index is -0.577. The summed E-state index contributed by atoms with van der Waals surface area (Å²) in [6, 6.07) is 5.63. The Bertz CT molecular complexity index is 1100. The van der Waals surface area contributed by atoms with Gasteiger partial charge in [-0.2, -0.15) is 0 Å². The van der Waals surface area contributed by atoms with E-state index in [1.165, 1.54) is 22.5 Å². The second-order valence-electron chi connectivity index (χ2n) is 6.13. The van der Waals surface area contributed by atoms with Gasteiger partial charge in [0.15, 0.2) is 11.2 Å². The smallest absolute Gasteiger partial charge is 0.328 e. The van der Waals surface area contributed by atoms with Crippen LogP contribution in [0.4, 0.5) is 5.69 Å². The highest BCUT2D eigenvalue weighted by molar-refractivity contribution is 5.91. The summed E-state index contributed by atoms with van der Waals surface area (Å²) >= 11 is 0. The molecule has 25 heavy (non-hydrogen) atoms. The highest BCUT2D eigenvalue weighted by atomic mass is 16.2. The quantitative estimate of drug-likeness (QED) is 0.759. The molecule has 8 heteroatoms. The van der Waals surface area contributed by atoms with Gasteiger partial charge in [0.1, 0.15) is 6.54 Å². The van der Waals surface area contributed by atoms with Gasteiger partial charge in [0, 0.05) is 19.8 Å². The number of amides is 1. The number of imidazole rings is 1. The first-order chi connectivity index (χ1) is 11.8. The number of benzene rings is 1. The standard InChI is InChI=1S/C17H19N5O3/c1-10-5-6-12(11(2)7-10)19-13(23)8-22-16(24)14-15(18-9-20(14)3)21(4)17(22)25/h5-7,9H,8H2,1-4H3,(H,19,23). The molecule has 2 heterocycles. The molecule has 1 amide bonds. The lowest BCUT2D eigenvalue weighted by atomic mass is 10.1. The van der Waals surface area contributed by atoms with E-state index in [1.807, 2.05) is 26.0 Å². The molecule has 0 unspecified atom stereocenters. The van der Waals surface area contributed by atoms with Gasteiger partial charge in [0.2, 0.25) is 5.91 Å². The van der Waals surface area contributed by atoms with Gasteiger partial charge in [-0.25, -0.2) is 14.3 Å². The van der Waals surface area contributed by atoms with E-state index >= 15 is 0 Å². The summed E-state index contributed by atoms with van der Waals surface area (Å²) in [7, 11) is 3.19. The van der Waals surface area contributed by atoms with E-state index in [2.05, 4.69) is 10.3 Å². The van der Waals surface area contributed by atoms with Crippen LogP contribution in [0.5, 0.6) is 0 Å². The number of hydrogen-bond acceptors (Lipinski definition) is 4. The molecule has 3 aromatic rings. The normalized spacial score (nSPS) is 11.0. The fraction of sp³-hybridized carbons (Fsp3) is 0.294. The number of aromatic nitrogens is 4. The number of anilines is 1. The van der Waals surface area contributed by atoms with Crippen molar-refractivity contribution < 1.29 is 4.79 Å². The van der Waals surface area contributed by atoms with Gasteiger partial charge in [-0.3, -0.25) is 14.2 Å². The van der Waals surface area contributed by atoms with Gasteiger partial charge in [0.05, 0.1) is 6.33 Å². The lowest BCUT2D eigenvalue weighted by molar-refractivity contribution is -0.116. The number of rotatable bonds is 3. The van der Waals surface area contributed by atoms with E-state index in [9.17, 15) is 14.4 Å². The van der Waals surface area contributed by atoms with Gasteiger partial charge >= 0.3 is 5.69 Å². The third-order valence-electron chi connectivity index (χ3n) is 4.16. The maximum atomic E-state index is 12.6. The van der Waals surface area contributed by atoms with E-state index in [0.29, 0.717) is 11.3 Å². The van der Waals surface area contributed by atoms with E-state index in [-0.39, 0.29) is 12.1 Å². The summed E-state index contributed by atoms with van der Waals surface area (Å²) in [6.07, 6.45) is 1.46. The molecule has 0 fully saturated rings. The molecule has 0 saturated carbocycles. The van der Waals surface area contributed by atoms with Crippen LogP contribution in [0.15, 0.2) is 34.1 Å². The Labute approximate surface area is 143 Å². The van der Waals surface area contributed by atoms with Crippen molar-refractivity contribution in [3.63, 3.8) is 0 Å². The maximum Gasteiger partial charge on any atom is 0.332 e. The number of nitrogens with one attached hydrogen (secondary N) is 1. The summed E-state index contributed by atoms with van der Waals surface area (Å²) in [4.78, 5) is 41.4. The summed E-state index contributed by atoms with van der Waals surface area (Å²) in [5.41, 5.74) is 2.12. The molecule has 1 N–H and O–H groups in total. The Kier molecular flexibility index (Phi) is 4.03. The summed E-state index contributed by atoms with van der Waals surface area (Å²) in [6.45, 7) is 3.49. The summed E-state index contributed by atoms with van der Waals surface area (Å²) in [5.74, 6) is -0.437. The van der Waals surface area contributed by atoms with Crippen LogP contribution in [0.1, 0.15) is 11.1 Å². The summed E-state index contributed by atoms with van der Waals surface area (Å²) < 4.78 is 3.72. The second-order valence-corrected chi connectivity index (χ2v) is 6.13. The molecule has 0 spiro atoms. The number of carbonyl (C=O) groups excluding carboxylic acids is 1. The molecular weight excluding hydrogens is 322 g/mol. The average molecular weight is 341 g/mol. The minimum Gasteiger partial charge on any atom is -0.328 e. The van der Waals surface area contributed by atoms with Crippen LogP contribution in [0.3, 0.4) is 0 Å². The maximum absolute atomic E-state index is 12.6. The van der Waals surface area contributed by atoms with E-state index in [4.69, 9.17) is 0 Å². The van der Waals surface area contributed by atoms with Gasteiger partial charge in [-0.15, -0.1) is 0 Å². The molecule has 0 saturated heterocycles. The fourth-order valence-corrected chi connectivity index (χ4v) is 2.82. The molecule has 3 rings (SSSR count). The van der Waals surface area contributed by atoms with Crippen LogP contribution < -0.4 is 16.6 Å². The molecule has 0 aliphatic rings. The van der Waals surface area contributed by atoms with E-state index in [0.717, 1.165) is 15.7 Å². The number of fused-ring (bicyclic) bond motifs is 1. The van der Waals surface area contributed by atoms with Crippen LogP contribution in [0.25, 0.3) is 11.2 Å². The first-order valence-electron chi connectivity index (χ1n) is 7.77. The Morgan fingerprint density at radius 3 is 2.60 bits per heavy atom. The van der Waals surface area contributed by atoms with Crippen LogP contribution in [-0.2, 0) is 25.4 Å². The zero-order valence-electron chi connectivity index (χ0n) is 14.5. The van der Waals surface area contributed by atoms with Crippen molar-refractivity contribution in [1.29, 1.82) is 0 Å². The number of carbonyl (C=O) groups is 1. The van der Waals surface area contributed by atoms with Gasteiger partial charge in [-0.1, -0.05) is 17.7 Å². The zero-order valence-corrected chi connectivity index (χ0v) is 14.5. The molecule has 8 nitrogen and oxygen atoms in total. The van der Waals surface area contributed by atoms with Crippen molar-refractivity contribution in [2.75, 3.05) is 5.32 Å². The van der Waals surface area contributed by atoms with Crippen LogP contribution >= 0.6 is 0 Å². The predicted octanol–water partition coefficient (Wildman–Crippen LogP) is 0.689. The number of aryl methyl sites for hydroxylation is 4. The highest BCUT2D eigenvalue weighted by Gasteiger charge is 2.17. The van der Waals surface area contributed by atoms with Crippen LogP contribution in [0.2, 0.25) is 0 Å². The Morgan fingerprint density at radius 2 is 1.92 bits per heavy atom. The largest absolute Gasteiger partial charge is 0.332 e. The lowest BCUT2D eigenvalue weighted by Gasteiger charge is -2.11. The molecule has 0 radical (unpaired) electrons. The van der Waals surface area contributed by atoms with Crippen molar-refractivity contribution in [2.45, 2.75) is 20.4 Å². The predicted molar refractivity (Wildman–Crippen MR) is 94.8 cm³/mol. The molecule has 0 bridgehead atoms. The van der Waals surface area contributed by atoms with Crippen molar-refractivity contribution in [3.05, 3.63) is 56.5 Å². The third kappa shape index (κ3) is 2.86. The fourth-order valence-electron chi connectivity index (χ4n) is 2.82. The molecule has 1 aromatic carbocycles. The molecule has 0 atom stereocenters. The first kappa shape index (κ1) is 16.7. The molecule has 130 valence electrons. The molecular formula is C17H19N5O3. The van der Waals surface area contributed by atoms with E-state index < -0.39 is 17.2 Å². The lowest BCUT2D eigenvalue weighted by Crippen LogP contribution is -2.42. The van der Waals surface area contributed by atoms with Crippen LogP contribution in [-0.4, -0.2) is 24.6 Å². The highest BCUT2D eigenvalue weighted by Crippen LogP contribution is 2.15. The Morgan fingerprint density at radius 1 is 1.20 bits per heavy atom. The first-order valence-corrected chi connectivity index (χ1v) is 7.77. The van der Waals surface area contributed by atoms with Crippen molar-refractivity contribution >= 4 is 22.8 Å². The SMILES string of the molecule is Cc1ccc(NC(=O)Cn2c(=O)c3c(ncn3C)n(C)c2=O)c(C)c1. The van der Waals surface area contributed by atoms with Gasteiger partial charge in [0.25, 0.3) is 5.56 Å². The van der Waals surface area contributed by atoms with Crippen molar-refractivity contribution in [1.82, 2.24) is 18.7 Å². The Hall–Kier alpha value is -3.16. The van der Waals surface area contributed by atoms with Crippen LogP contribution in [0, 0.1) is 13.8 Å². The zero-order chi connectivity index (χ0) is 18.3. The topological polar surface area (TPSA) is 90.9 Å². The minimum absolute atomic E-state index is 0.279. The van der Waals surface area contributed by atoms with Crippen molar-refractivity contribution in [2.24, 2.45) is 14.1 Å². The number of nitrogens with zero attached hydrogens (tertiary/aromatic N) is 4. The van der Waals surface area contributed by atoms with Gasteiger partial charge in [-0.05, 0) is 25.5 Å². The monoisotopic (exact) mass is 341 g/mol. The summed E-state index contributed by atoms with van der Waals surface area (Å²) in [5, 5.41) is 2.75. The van der Waals surface area contributed by atoms with Crippen molar-refractivity contribution in [3.8, 4) is 0 Å². The van der Waals surface area contributed by atoms with Gasteiger partial charge < -0.3 is 9.88 Å². The molecule has 2 aromatic heterocycles. The third-order valence-corrected chi connectivity index (χ3v) is 4.16. The second kappa shape index (κ2) is 6.04. The average Bonchev–Trinajstić information content (AvgIpc) is 2.94. The van der Waals surface area contributed by atoms with E-state index in [1.54, 1.807) is 13.1 Å². The Balaban J connectivity index is 1.98.